The van der Waals surface area contributed by atoms with Crippen LogP contribution in [0, 0.1) is 11.8 Å². The van der Waals surface area contributed by atoms with Gasteiger partial charge in [-0.2, -0.15) is 0 Å². The van der Waals surface area contributed by atoms with Crippen molar-refractivity contribution in [1.82, 2.24) is 0 Å². The number of carbonyl (C=O) groups is 2. The highest BCUT2D eigenvalue weighted by Crippen LogP contribution is 2.57. The van der Waals surface area contributed by atoms with Crippen LogP contribution in [0.1, 0.15) is 26.7 Å². The SMILES string of the molecule is C[C@]12CC[C@](C)(O1)C(C(=O)O)C2C(=O)O. The van der Waals surface area contributed by atoms with Gasteiger partial charge in [0, 0.05) is 0 Å². The molecule has 2 saturated heterocycles. The standard InChI is InChI=1S/C10H14O5/c1-9-3-4-10(2,15-9)6(8(13)14)5(9)7(11)12/h5-6H,3-4H2,1-2H3,(H,11,12)(H,13,14)/t5?,6?,9-,10+. The van der Waals surface area contributed by atoms with Crippen molar-refractivity contribution in [2.24, 2.45) is 11.8 Å². The van der Waals surface area contributed by atoms with Crippen molar-refractivity contribution < 1.29 is 24.5 Å². The maximum Gasteiger partial charge on any atom is 0.310 e. The van der Waals surface area contributed by atoms with Gasteiger partial charge in [-0.25, -0.2) is 0 Å². The second-order valence-corrected chi connectivity index (χ2v) is 4.86. The van der Waals surface area contributed by atoms with Crippen molar-refractivity contribution in [3.8, 4) is 0 Å². The van der Waals surface area contributed by atoms with E-state index in [1.165, 1.54) is 0 Å². The van der Waals surface area contributed by atoms with Gasteiger partial charge in [-0.05, 0) is 26.7 Å². The highest BCUT2D eigenvalue weighted by Gasteiger charge is 2.68. The number of carboxylic acid groups (broad SMARTS) is 2. The minimum absolute atomic E-state index is 0.615. The van der Waals surface area contributed by atoms with Gasteiger partial charge in [-0.15, -0.1) is 0 Å². The van der Waals surface area contributed by atoms with Crippen LogP contribution in [-0.4, -0.2) is 33.4 Å². The summed E-state index contributed by atoms with van der Waals surface area (Å²) >= 11 is 0. The Morgan fingerprint density at radius 3 is 1.67 bits per heavy atom. The number of hydrogen-bond acceptors (Lipinski definition) is 3. The van der Waals surface area contributed by atoms with Crippen LogP contribution < -0.4 is 0 Å². The van der Waals surface area contributed by atoms with Crippen LogP contribution in [0.25, 0.3) is 0 Å². The van der Waals surface area contributed by atoms with E-state index < -0.39 is 35.0 Å². The molecule has 2 aliphatic heterocycles. The van der Waals surface area contributed by atoms with Gasteiger partial charge in [0.15, 0.2) is 0 Å². The Morgan fingerprint density at radius 2 is 1.40 bits per heavy atom. The molecule has 0 radical (unpaired) electrons. The van der Waals surface area contributed by atoms with Crippen LogP contribution in [0.4, 0.5) is 0 Å². The van der Waals surface area contributed by atoms with Crippen molar-refractivity contribution in [1.29, 1.82) is 0 Å². The lowest BCUT2D eigenvalue weighted by atomic mass is 9.68. The summed E-state index contributed by atoms with van der Waals surface area (Å²) in [6.07, 6.45) is 1.23. The molecule has 2 aliphatic rings. The average molecular weight is 214 g/mol. The zero-order chi connectivity index (χ0) is 11.4. The van der Waals surface area contributed by atoms with Gasteiger partial charge in [0.25, 0.3) is 0 Å². The summed E-state index contributed by atoms with van der Waals surface area (Å²) in [5.74, 6) is -4.02. The van der Waals surface area contributed by atoms with E-state index in [1.54, 1.807) is 13.8 Å². The lowest BCUT2D eigenvalue weighted by molar-refractivity contribution is -0.156. The Hall–Kier alpha value is -1.10. The third-order valence-electron chi connectivity index (χ3n) is 3.77. The minimum atomic E-state index is -1.08. The van der Waals surface area contributed by atoms with Crippen LogP contribution in [0.3, 0.4) is 0 Å². The monoisotopic (exact) mass is 214 g/mol. The van der Waals surface area contributed by atoms with Crippen molar-refractivity contribution in [2.45, 2.75) is 37.9 Å². The molecule has 0 spiro atoms. The van der Waals surface area contributed by atoms with E-state index in [0.717, 1.165) is 0 Å². The smallest absolute Gasteiger partial charge is 0.310 e. The zero-order valence-corrected chi connectivity index (χ0v) is 8.69. The fourth-order valence-electron chi connectivity index (χ4n) is 3.08. The van der Waals surface area contributed by atoms with Gasteiger partial charge in [-0.1, -0.05) is 0 Å². The van der Waals surface area contributed by atoms with Crippen molar-refractivity contribution in [2.75, 3.05) is 0 Å². The summed E-state index contributed by atoms with van der Waals surface area (Å²) in [6.45, 7) is 3.39. The van der Waals surface area contributed by atoms with E-state index in [9.17, 15) is 9.59 Å². The normalized spacial score (nSPS) is 48.1. The summed E-state index contributed by atoms with van der Waals surface area (Å²) < 4.78 is 5.63. The molecular weight excluding hydrogens is 200 g/mol. The van der Waals surface area contributed by atoms with Crippen molar-refractivity contribution in [3.05, 3.63) is 0 Å². The summed E-state index contributed by atoms with van der Waals surface area (Å²) in [5.41, 5.74) is -1.63. The van der Waals surface area contributed by atoms with E-state index in [0.29, 0.717) is 12.8 Å². The molecule has 0 aromatic rings. The van der Waals surface area contributed by atoms with E-state index in [2.05, 4.69) is 0 Å². The van der Waals surface area contributed by atoms with Gasteiger partial charge < -0.3 is 14.9 Å². The van der Waals surface area contributed by atoms with E-state index in [4.69, 9.17) is 14.9 Å². The number of aliphatic carboxylic acids is 2. The molecule has 0 saturated carbocycles. The number of rotatable bonds is 2. The number of hydrogen-bond donors (Lipinski definition) is 2. The molecule has 2 unspecified atom stereocenters. The van der Waals surface area contributed by atoms with Crippen LogP contribution in [0.5, 0.6) is 0 Å². The maximum atomic E-state index is 11.1. The molecule has 0 amide bonds. The molecule has 15 heavy (non-hydrogen) atoms. The molecule has 0 aromatic carbocycles. The fraction of sp³-hybridized carbons (Fsp3) is 0.800. The zero-order valence-electron chi connectivity index (χ0n) is 8.69. The highest BCUT2D eigenvalue weighted by atomic mass is 16.5. The van der Waals surface area contributed by atoms with Crippen molar-refractivity contribution in [3.63, 3.8) is 0 Å². The molecule has 5 nitrogen and oxygen atoms in total. The largest absolute Gasteiger partial charge is 0.481 e. The molecule has 2 N–H and O–H groups in total. The second kappa shape index (κ2) is 2.72. The maximum absolute atomic E-state index is 11.1. The Balaban J connectivity index is 2.45. The van der Waals surface area contributed by atoms with Gasteiger partial charge in [0.2, 0.25) is 0 Å². The van der Waals surface area contributed by atoms with Gasteiger partial charge in [-0.3, -0.25) is 9.59 Å². The molecule has 5 heteroatoms. The van der Waals surface area contributed by atoms with E-state index in [-0.39, 0.29) is 0 Å². The first kappa shape index (κ1) is 10.4. The minimum Gasteiger partial charge on any atom is -0.481 e. The molecule has 0 aliphatic carbocycles. The Labute approximate surface area is 87.0 Å². The number of fused-ring (bicyclic) bond motifs is 2. The first-order valence-electron chi connectivity index (χ1n) is 4.96. The third kappa shape index (κ3) is 1.19. The lowest BCUT2D eigenvalue weighted by Crippen LogP contribution is -2.46. The first-order chi connectivity index (χ1) is 6.80. The first-order valence-corrected chi connectivity index (χ1v) is 4.96. The van der Waals surface area contributed by atoms with Crippen LogP contribution >= 0.6 is 0 Å². The molecule has 4 atom stereocenters. The van der Waals surface area contributed by atoms with Crippen LogP contribution in [0.2, 0.25) is 0 Å². The topological polar surface area (TPSA) is 83.8 Å². The summed E-state index contributed by atoms with van der Waals surface area (Å²) in [6, 6.07) is 0. The molecule has 2 fully saturated rings. The lowest BCUT2D eigenvalue weighted by Gasteiger charge is -2.30. The Kier molecular flexibility index (Phi) is 1.89. The summed E-state index contributed by atoms with van der Waals surface area (Å²) in [5, 5.41) is 18.2. The van der Waals surface area contributed by atoms with E-state index >= 15 is 0 Å². The summed E-state index contributed by atoms with van der Waals surface area (Å²) in [4.78, 5) is 22.2. The molecule has 0 aromatic heterocycles. The van der Waals surface area contributed by atoms with E-state index in [1.807, 2.05) is 0 Å². The van der Waals surface area contributed by atoms with Gasteiger partial charge >= 0.3 is 11.9 Å². The highest BCUT2D eigenvalue weighted by molar-refractivity contribution is 5.83. The third-order valence-corrected chi connectivity index (χ3v) is 3.77. The van der Waals surface area contributed by atoms with Crippen LogP contribution in [-0.2, 0) is 14.3 Å². The van der Waals surface area contributed by atoms with Gasteiger partial charge in [0.05, 0.1) is 11.2 Å². The average Bonchev–Trinajstić information content (AvgIpc) is 2.49. The Bertz CT molecular complexity index is 307. The van der Waals surface area contributed by atoms with Crippen LogP contribution in [0.15, 0.2) is 0 Å². The van der Waals surface area contributed by atoms with Gasteiger partial charge in [0.1, 0.15) is 11.8 Å². The number of carboxylic acids is 2. The molecule has 84 valence electrons. The quantitative estimate of drug-likeness (QED) is 0.707. The molecule has 2 rings (SSSR count). The molecule has 2 heterocycles. The fourth-order valence-corrected chi connectivity index (χ4v) is 3.08. The predicted octanol–water partition coefficient (Wildman–Crippen LogP) is 0.729. The van der Waals surface area contributed by atoms with Crippen molar-refractivity contribution >= 4 is 11.9 Å². The number of ether oxygens (including phenoxy) is 1. The molecular formula is C10H14O5. The second-order valence-electron chi connectivity index (χ2n) is 4.86. The predicted molar refractivity (Wildman–Crippen MR) is 49.4 cm³/mol. The molecule has 2 bridgehead atoms. The Morgan fingerprint density at radius 1 is 1.07 bits per heavy atom. The summed E-state index contributed by atoms with van der Waals surface area (Å²) in [7, 11) is 0.